The maximum absolute atomic E-state index is 11.7. The lowest BCUT2D eigenvalue weighted by atomic mass is 10.1. The van der Waals surface area contributed by atoms with Gasteiger partial charge in [-0.15, -0.1) is 0 Å². The average molecular weight is 355 g/mol. The van der Waals surface area contributed by atoms with Crippen molar-refractivity contribution in [2.75, 3.05) is 31.3 Å². The molecule has 0 aromatic heterocycles. The van der Waals surface area contributed by atoms with Gasteiger partial charge >= 0.3 is 0 Å². The number of ether oxygens (including phenoxy) is 2. The molecule has 1 aliphatic rings. The second kappa shape index (κ2) is 7.29. The third-order valence-corrected chi connectivity index (χ3v) is 6.23. The molecule has 134 valence electrons. The van der Waals surface area contributed by atoms with Crippen molar-refractivity contribution in [1.82, 2.24) is 0 Å². The molecule has 3 N–H and O–H groups in total. The zero-order chi connectivity index (χ0) is 17.8. The number of aliphatic imine (C=N–C) groups is 1. The van der Waals surface area contributed by atoms with Gasteiger partial charge in [0.15, 0.2) is 27.3 Å². The third kappa shape index (κ3) is 4.77. The number of nitrogens with zero attached hydrogens (tertiary/aromatic N) is 1. The highest BCUT2D eigenvalue weighted by Gasteiger charge is 2.29. The largest absolute Gasteiger partial charge is 0.490 e. The van der Waals surface area contributed by atoms with Crippen molar-refractivity contribution in [3.05, 3.63) is 18.2 Å². The molecule has 0 radical (unpaired) electrons. The number of nitrogens with one attached hydrogen (secondary N) is 1. The fourth-order valence-electron chi connectivity index (χ4n) is 2.06. The molecule has 0 aliphatic carbocycles. The lowest BCUT2D eigenvalue weighted by Gasteiger charge is -2.21. The first-order valence-corrected chi connectivity index (χ1v) is 9.74. The average Bonchev–Trinajstić information content (AvgIpc) is 2.70. The minimum Gasteiger partial charge on any atom is -0.490 e. The van der Waals surface area contributed by atoms with Crippen molar-refractivity contribution in [2.45, 2.75) is 31.4 Å². The zero-order valence-corrected chi connectivity index (χ0v) is 15.1. The monoisotopic (exact) mass is 355 g/mol. The van der Waals surface area contributed by atoms with Crippen LogP contribution in [-0.2, 0) is 9.84 Å². The highest BCUT2D eigenvalue weighted by Crippen LogP contribution is 2.32. The third-order valence-electron chi connectivity index (χ3n) is 4.02. The molecule has 1 aliphatic heterocycles. The highest BCUT2D eigenvalue weighted by molar-refractivity contribution is 7.92. The van der Waals surface area contributed by atoms with E-state index in [0.29, 0.717) is 37.7 Å². The van der Waals surface area contributed by atoms with Gasteiger partial charge in [-0.1, -0.05) is 0 Å². The van der Waals surface area contributed by atoms with E-state index in [4.69, 9.17) is 15.2 Å². The van der Waals surface area contributed by atoms with Crippen LogP contribution in [0.15, 0.2) is 23.2 Å². The predicted octanol–water partition coefficient (Wildman–Crippen LogP) is 1.79. The molecule has 0 spiro atoms. The minimum absolute atomic E-state index is 0.230. The molecule has 1 aromatic carbocycles. The number of sulfone groups is 1. The molecule has 24 heavy (non-hydrogen) atoms. The number of rotatable bonds is 5. The molecule has 2 rings (SSSR count). The first-order valence-electron chi connectivity index (χ1n) is 7.85. The highest BCUT2D eigenvalue weighted by atomic mass is 32.2. The molecule has 1 heterocycles. The van der Waals surface area contributed by atoms with Crippen LogP contribution in [0, 0.1) is 0 Å². The molecule has 7 nitrogen and oxygen atoms in total. The van der Waals surface area contributed by atoms with Gasteiger partial charge in [0.25, 0.3) is 0 Å². The fourth-order valence-corrected chi connectivity index (χ4v) is 2.52. The topological polar surface area (TPSA) is 103 Å². The predicted molar refractivity (Wildman–Crippen MR) is 95.7 cm³/mol. The number of hydrogen-bond donors (Lipinski definition) is 2. The Bertz CT molecular complexity index is 714. The number of anilines is 1. The molecule has 8 heteroatoms. The van der Waals surface area contributed by atoms with Crippen LogP contribution in [0.25, 0.3) is 0 Å². The van der Waals surface area contributed by atoms with Crippen LogP contribution in [0.3, 0.4) is 0 Å². The lowest BCUT2D eigenvalue weighted by Crippen LogP contribution is -2.32. The van der Waals surface area contributed by atoms with E-state index in [1.807, 2.05) is 18.2 Å². The van der Waals surface area contributed by atoms with Gasteiger partial charge in [-0.3, -0.25) is 4.99 Å². The summed E-state index contributed by atoms with van der Waals surface area (Å²) in [7, 11) is -3.13. The number of nitrogens with two attached hydrogens (primary N) is 1. The Hall–Kier alpha value is -1.96. The first-order chi connectivity index (χ1) is 11.2. The smallest absolute Gasteiger partial charge is 0.193 e. The van der Waals surface area contributed by atoms with Crippen LogP contribution in [-0.4, -0.2) is 45.1 Å². The number of guanidine groups is 1. The summed E-state index contributed by atoms with van der Waals surface area (Å²) in [6.07, 6.45) is 2.47. The summed E-state index contributed by atoms with van der Waals surface area (Å²) in [4.78, 5) is 4.20. The lowest BCUT2D eigenvalue weighted by molar-refractivity contribution is 0.297. The Balaban J connectivity index is 1.97. The van der Waals surface area contributed by atoms with Crippen LogP contribution in [0.1, 0.15) is 26.7 Å². The van der Waals surface area contributed by atoms with Gasteiger partial charge in [0.05, 0.1) is 18.0 Å². The summed E-state index contributed by atoms with van der Waals surface area (Å²) < 4.78 is 33.7. The van der Waals surface area contributed by atoms with E-state index in [1.165, 1.54) is 6.26 Å². The molecule has 1 aromatic rings. The van der Waals surface area contributed by atoms with Crippen molar-refractivity contribution < 1.29 is 17.9 Å². The van der Waals surface area contributed by atoms with Crippen LogP contribution in [0.5, 0.6) is 11.5 Å². The summed E-state index contributed by atoms with van der Waals surface area (Å²) in [5.41, 5.74) is 6.61. The summed E-state index contributed by atoms with van der Waals surface area (Å²) in [5.74, 6) is 1.61. The first kappa shape index (κ1) is 18.4. The molecule has 0 saturated carbocycles. The fraction of sp³-hybridized carbons (Fsp3) is 0.562. The molecule has 0 bridgehead atoms. The standard InChI is InChI=1S/C16H25N3O4S/c1-16(2,24(3,20)21)7-8-18-15(17)19-12-5-6-13-14(11-12)23-10-4-9-22-13/h5-6,11H,4,7-10H2,1-3H3,(H3,17,18,19). The minimum atomic E-state index is -3.13. The summed E-state index contributed by atoms with van der Waals surface area (Å²) in [5, 5.41) is 2.98. The molecule has 0 unspecified atom stereocenters. The van der Waals surface area contributed by atoms with Crippen molar-refractivity contribution >= 4 is 21.5 Å². The van der Waals surface area contributed by atoms with Gasteiger partial charge in [-0.25, -0.2) is 8.42 Å². The second-order valence-corrected chi connectivity index (χ2v) is 9.04. The Kier molecular flexibility index (Phi) is 5.58. The van der Waals surface area contributed by atoms with Crippen molar-refractivity contribution in [2.24, 2.45) is 10.7 Å². The van der Waals surface area contributed by atoms with Crippen molar-refractivity contribution in [3.63, 3.8) is 0 Å². The van der Waals surface area contributed by atoms with E-state index < -0.39 is 14.6 Å². The van der Waals surface area contributed by atoms with E-state index in [-0.39, 0.29) is 5.96 Å². The molecular formula is C16H25N3O4S. The van der Waals surface area contributed by atoms with Crippen molar-refractivity contribution in [1.29, 1.82) is 0 Å². The number of benzene rings is 1. The van der Waals surface area contributed by atoms with E-state index >= 15 is 0 Å². The summed E-state index contributed by atoms with van der Waals surface area (Å²) in [6.45, 7) is 4.94. The van der Waals surface area contributed by atoms with Crippen molar-refractivity contribution in [3.8, 4) is 11.5 Å². The Labute approximate surface area is 143 Å². The quantitative estimate of drug-likeness (QED) is 0.616. The normalized spacial score (nSPS) is 15.7. The van der Waals surface area contributed by atoms with Gasteiger partial charge in [-0.05, 0) is 32.4 Å². The Morgan fingerprint density at radius 2 is 1.96 bits per heavy atom. The second-order valence-electron chi connectivity index (χ2n) is 6.39. The van der Waals surface area contributed by atoms with Gasteiger partial charge < -0.3 is 20.5 Å². The molecule has 0 fully saturated rings. The summed E-state index contributed by atoms with van der Waals surface area (Å²) in [6, 6.07) is 5.46. The molecule has 0 atom stereocenters. The zero-order valence-electron chi connectivity index (χ0n) is 14.3. The summed E-state index contributed by atoms with van der Waals surface area (Å²) >= 11 is 0. The van der Waals surface area contributed by atoms with Gasteiger partial charge in [-0.2, -0.15) is 0 Å². The van der Waals surface area contributed by atoms with Crippen LogP contribution >= 0.6 is 0 Å². The maximum atomic E-state index is 11.7. The maximum Gasteiger partial charge on any atom is 0.193 e. The Morgan fingerprint density at radius 3 is 2.62 bits per heavy atom. The van der Waals surface area contributed by atoms with Crippen LogP contribution in [0.2, 0.25) is 0 Å². The number of hydrogen-bond acceptors (Lipinski definition) is 5. The molecule has 0 saturated heterocycles. The van der Waals surface area contributed by atoms with E-state index in [2.05, 4.69) is 10.3 Å². The van der Waals surface area contributed by atoms with E-state index in [1.54, 1.807) is 13.8 Å². The van der Waals surface area contributed by atoms with E-state index in [0.717, 1.165) is 12.1 Å². The molecular weight excluding hydrogens is 330 g/mol. The van der Waals surface area contributed by atoms with Gasteiger partial charge in [0, 0.05) is 31.0 Å². The Morgan fingerprint density at radius 1 is 1.29 bits per heavy atom. The van der Waals surface area contributed by atoms with Crippen LogP contribution in [0.4, 0.5) is 5.69 Å². The molecule has 0 amide bonds. The van der Waals surface area contributed by atoms with E-state index in [9.17, 15) is 8.42 Å². The van der Waals surface area contributed by atoms with Crippen LogP contribution < -0.4 is 20.5 Å². The number of fused-ring (bicyclic) bond motifs is 1. The van der Waals surface area contributed by atoms with Gasteiger partial charge in [0.2, 0.25) is 0 Å². The SMILES string of the molecule is CC(C)(CCN=C(N)Nc1ccc2c(c1)OCCCO2)S(C)(=O)=O. The van der Waals surface area contributed by atoms with Gasteiger partial charge in [0.1, 0.15) is 0 Å².